The summed E-state index contributed by atoms with van der Waals surface area (Å²) in [6, 6.07) is 13.6. The normalized spacial score (nSPS) is 11.3. The van der Waals surface area contributed by atoms with Gasteiger partial charge in [0, 0.05) is 25.2 Å². The third kappa shape index (κ3) is 12.1. The second-order valence-corrected chi connectivity index (χ2v) is 13.3. The summed E-state index contributed by atoms with van der Waals surface area (Å²) in [6.07, 6.45) is -8.96. The maximum atomic E-state index is 13.3. The molecule has 0 radical (unpaired) electrons. The number of carbonyl (C=O) groups is 4. The van der Waals surface area contributed by atoms with E-state index in [9.17, 15) is 63.1 Å². The molecule has 0 bridgehead atoms. The zero-order valence-electron chi connectivity index (χ0n) is 30.6. The Morgan fingerprint density at radius 3 is 1.37 bits per heavy atom. The molecule has 0 atom stereocenters. The molecule has 0 unspecified atom stereocenters. The van der Waals surface area contributed by atoms with E-state index in [2.05, 4.69) is 41.7 Å². The number of halogens is 12. The highest BCUT2D eigenvalue weighted by molar-refractivity contribution is 6.35. The Morgan fingerprint density at radius 2 is 0.935 bits per heavy atom. The third-order valence-corrected chi connectivity index (χ3v) is 8.70. The first-order chi connectivity index (χ1) is 29.1. The Balaban J connectivity index is 0.000000234. The largest absolute Gasteiger partial charge is 0.416 e. The van der Waals surface area contributed by atoms with Crippen LogP contribution in [0.25, 0.3) is 0 Å². The predicted octanol–water partition coefficient (Wildman–Crippen LogP) is 9.08. The molecule has 0 saturated carbocycles. The number of aromatic amines is 2. The van der Waals surface area contributed by atoms with Gasteiger partial charge in [-0.25, -0.2) is 17.6 Å². The smallest absolute Gasteiger partial charge is 0.347 e. The number of carbonyl (C=O) groups excluding carboxylic acids is 4. The highest BCUT2D eigenvalue weighted by Gasteiger charge is 2.31. The third-order valence-electron chi connectivity index (χ3n) is 8.08. The number of aromatic nitrogens is 4. The minimum Gasteiger partial charge on any atom is -0.347 e. The molecule has 6 aromatic rings. The van der Waals surface area contributed by atoms with Gasteiger partial charge in [-0.15, -0.1) is 0 Å². The summed E-state index contributed by atoms with van der Waals surface area (Å²) < 4.78 is 129. The van der Waals surface area contributed by atoms with Crippen molar-refractivity contribution in [2.24, 2.45) is 0 Å². The first-order valence-corrected chi connectivity index (χ1v) is 17.8. The lowest BCUT2D eigenvalue weighted by Crippen LogP contribution is -2.23. The number of anilines is 2. The number of alkyl halides is 6. The first kappa shape index (κ1) is 46.1. The quantitative estimate of drug-likeness (QED) is 0.0591. The lowest BCUT2D eigenvalue weighted by atomic mass is 10.1. The molecule has 6 N–H and O–H groups in total. The van der Waals surface area contributed by atoms with Crippen molar-refractivity contribution in [1.82, 2.24) is 31.0 Å². The lowest BCUT2D eigenvalue weighted by Gasteiger charge is -2.09. The molecule has 62 heavy (non-hydrogen) atoms. The molecule has 12 nitrogen and oxygen atoms in total. The summed E-state index contributed by atoms with van der Waals surface area (Å²) in [5, 5.41) is 20.9. The van der Waals surface area contributed by atoms with E-state index in [4.69, 9.17) is 23.2 Å². The number of rotatable bonds is 10. The van der Waals surface area contributed by atoms with Crippen LogP contribution in [0.15, 0.2) is 84.9 Å². The molecule has 24 heteroatoms. The average Bonchev–Trinajstić information content (AvgIpc) is 3.89. The highest BCUT2D eigenvalue weighted by atomic mass is 35.5. The van der Waals surface area contributed by atoms with Gasteiger partial charge in [0.15, 0.2) is 34.9 Å². The Hall–Kier alpha value is -6.94. The van der Waals surface area contributed by atoms with E-state index in [1.165, 1.54) is 30.3 Å². The SMILES string of the molecule is O=C(NCc1ccc(C(F)(F)F)cc1)c1cc(NC(=O)c2cc(F)c(F)cc2Cl)n[nH]1.O=C(NCc1cccc(C(F)(F)F)c1)c1cc(NC(=O)c2cc(F)c(F)cc2Cl)n[nH]1. The number of nitrogens with zero attached hydrogens (tertiary/aromatic N) is 2. The van der Waals surface area contributed by atoms with Crippen LogP contribution in [-0.2, 0) is 25.4 Å². The number of benzene rings is 4. The van der Waals surface area contributed by atoms with E-state index in [-0.39, 0.29) is 62.8 Å². The van der Waals surface area contributed by atoms with Crippen LogP contribution in [0.1, 0.15) is 63.9 Å². The van der Waals surface area contributed by atoms with Crippen molar-refractivity contribution in [2.75, 3.05) is 10.6 Å². The van der Waals surface area contributed by atoms with Gasteiger partial charge in [-0.3, -0.25) is 29.4 Å². The number of hydrogen-bond donors (Lipinski definition) is 6. The minimum absolute atomic E-state index is 0.0534. The Morgan fingerprint density at radius 1 is 0.516 bits per heavy atom. The van der Waals surface area contributed by atoms with E-state index >= 15 is 0 Å². The number of nitrogens with one attached hydrogen (secondary N) is 6. The van der Waals surface area contributed by atoms with Crippen molar-refractivity contribution < 1.29 is 63.1 Å². The van der Waals surface area contributed by atoms with Gasteiger partial charge < -0.3 is 21.3 Å². The van der Waals surface area contributed by atoms with E-state index in [0.717, 1.165) is 30.3 Å². The van der Waals surface area contributed by atoms with E-state index < -0.39 is 70.4 Å². The standard InChI is InChI=1S/2C19H12ClF5N4O2/c20-12-6-14(22)13(21)5-11(12)17(30)27-16-7-15(28-29-16)18(31)26-8-9-1-3-10(4-2-9)19(23,24)25;20-12-6-14(22)13(21)5-11(12)17(30)27-16-7-15(28-29-16)18(31)26-8-9-2-1-3-10(4-9)19(23,24)25/h2*1-7H,8H2,(H,26,31)(H2,27,28,29,30). The minimum atomic E-state index is -4.51. The van der Waals surface area contributed by atoms with Gasteiger partial charge in [-0.2, -0.15) is 36.5 Å². The van der Waals surface area contributed by atoms with E-state index in [0.29, 0.717) is 29.8 Å². The van der Waals surface area contributed by atoms with Gasteiger partial charge in [0.05, 0.1) is 32.3 Å². The van der Waals surface area contributed by atoms with Gasteiger partial charge in [-0.05, 0) is 59.7 Å². The first-order valence-electron chi connectivity index (χ1n) is 17.0. The molecule has 0 fully saturated rings. The molecule has 324 valence electrons. The van der Waals surface area contributed by atoms with Crippen LogP contribution in [0.3, 0.4) is 0 Å². The molecule has 0 saturated heterocycles. The van der Waals surface area contributed by atoms with Crippen LogP contribution < -0.4 is 21.3 Å². The summed E-state index contributed by atoms with van der Waals surface area (Å²) in [7, 11) is 0. The average molecular weight is 918 g/mol. The molecular formula is C38H24Cl2F10N8O4. The fourth-order valence-corrected chi connectivity index (χ4v) is 5.46. The van der Waals surface area contributed by atoms with Gasteiger partial charge in [0.2, 0.25) is 0 Å². The van der Waals surface area contributed by atoms with Gasteiger partial charge in [0.1, 0.15) is 11.4 Å². The fraction of sp³-hybridized carbons (Fsp3) is 0.105. The molecule has 6 rings (SSSR count). The summed E-state index contributed by atoms with van der Waals surface area (Å²) in [5.41, 5.74) is -1.83. The summed E-state index contributed by atoms with van der Waals surface area (Å²) in [5.74, 6) is -8.30. The molecule has 0 spiro atoms. The van der Waals surface area contributed by atoms with Crippen molar-refractivity contribution in [1.29, 1.82) is 0 Å². The van der Waals surface area contributed by atoms with Crippen LogP contribution >= 0.6 is 23.2 Å². The maximum absolute atomic E-state index is 13.3. The molecule has 0 aliphatic carbocycles. The van der Waals surface area contributed by atoms with E-state index in [1.54, 1.807) is 0 Å². The maximum Gasteiger partial charge on any atom is 0.416 e. The topological polar surface area (TPSA) is 174 Å². The zero-order valence-corrected chi connectivity index (χ0v) is 32.1. The van der Waals surface area contributed by atoms with Crippen molar-refractivity contribution in [2.45, 2.75) is 25.4 Å². The Labute approximate surface area is 351 Å². The summed E-state index contributed by atoms with van der Waals surface area (Å²) in [6.45, 7) is -0.240. The predicted molar refractivity (Wildman–Crippen MR) is 201 cm³/mol. The summed E-state index contributed by atoms with van der Waals surface area (Å²) >= 11 is 11.5. The van der Waals surface area contributed by atoms with Crippen molar-refractivity contribution in [3.8, 4) is 0 Å². The molecular weight excluding hydrogens is 893 g/mol. The molecule has 2 heterocycles. The van der Waals surface area contributed by atoms with Crippen molar-refractivity contribution in [3.05, 3.63) is 163 Å². The molecule has 0 aliphatic rings. The van der Waals surface area contributed by atoms with Gasteiger partial charge in [-0.1, -0.05) is 47.5 Å². The molecule has 4 amide bonds. The van der Waals surface area contributed by atoms with Crippen LogP contribution in [0.2, 0.25) is 10.0 Å². The fourth-order valence-electron chi connectivity index (χ4n) is 4.99. The zero-order chi connectivity index (χ0) is 45.5. The monoisotopic (exact) mass is 916 g/mol. The Kier molecular flexibility index (Phi) is 14.3. The second-order valence-electron chi connectivity index (χ2n) is 12.5. The number of amides is 4. The molecule has 4 aromatic carbocycles. The number of hydrogen-bond acceptors (Lipinski definition) is 6. The van der Waals surface area contributed by atoms with Crippen LogP contribution in [0.4, 0.5) is 55.5 Å². The van der Waals surface area contributed by atoms with Crippen LogP contribution in [-0.4, -0.2) is 44.0 Å². The van der Waals surface area contributed by atoms with Crippen LogP contribution in [0, 0.1) is 23.3 Å². The van der Waals surface area contributed by atoms with Crippen LogP contribution in [0.5, 0.6) is 0 Å². The number of H-pyrrole nitrogens is 2. The lowest BCUT2D eigenvalue weighted by molar-refractivity contribution is -0.138. The van der Waals surface area contributed by atoms with Crippen molar-refractivity contribution in [3.63, 3.8) is 0 Å². The highest BCUT2D eigenvalue weighted by Crippen LogP contribution is 2.30. The molecule has 2 aromatic heterocycles. The Bertz CT molecular complexity index is 2630. The van der Waals surface area contributed by atoms with Gasteiger partial charge in [0.25, 0.3) is 23.6 Å². The molecule has 0 aliphatic heterocycles. The van der Waals surface area contributed by atoms with Crippen molar-refractivity contribution >= 4 is 58.5 Å². The summed E-state index contributed by atoms with van der Waals surface area (Å²) in [4.78, 5) is 48.7. The van der Waals surface area contributed by atoms with Gasteiger partial charge >= 0.3 is 12.4 Å². The second kappa shape index (κ2) is 19.2. The van der Waals surface area contributed by atoms with E-state index in [1.807, 2.05) is 0 Å².